The molecule has 5 nitrogen and oxygen atoms in total. The molecule has 0 heterocycles. The van der Waals surface area contributed by atoms with Crippen molar-refractivity contribution in [2.45, 2.75) is 52.5 Å². The van der Waals surface area contributed by atoms with Crippen LogP contribution in [-0.4, -0.2) is 43.4 Å². The topological polar surface area (TPSA) is 56.7 Å². The van der Waals surface area contributed by atoms with Crippen molar-refractivity contribution in [2.24, 2.45) is 4.99 Å². The molecule has 5 heteroatoms. The molecule has 0 fully saturated rings. The van der Waals surface area contributed by atoms with E-state index in [0.717, 1.165) is 43.1 Å². The van der Waals surface area contributed by atoms with Gasteiger partial charge in [0.25, 0.3) is 5.91 Å². The molecule has 0 saturated heterocycles. The van der Waals surface area contributed by atoms with Crippen LogP contribution in [0.1, 0.15) is 61.9 Å². The predicted octanol–water partition coefficient (Wildman–Crippen LogP) is 3.72. The van der Waals surface area contributed by atoms with E-state index in [1.54, 1.807) is 12.6 Å². The Kier molecular flexibility index (Phi) is 8.89. The Labute approximate surface area is 163 Å². The summed E-state index contributed by atoms with van der Waals surface area (Å²) in [5.41, 5.74) is 3.44. The Bertz CT molecular complexity index is 645. The molecule has 0 atom stereocenters. The van der Waals surface area contributed by atoms with Gasteiger partial charge in [-0.25, -0.2) is 0 Å². The van der Waals surface area contributed by atoms with Crippen LogP contribution in [0, 0.1) is 0 Å². The molecule has 2 rings (SSSR count). The summed E-state index contributed by atoms with van der Waals surface area (Å²) in [6.07, 6.45) is 8.61. The van der Waals surface area contributed by atoms with Gasteiger partial charge < -0.3 is 15.5 Å². The van der Waals surface area contributed by atoms with E-state index >= 15 is 0 Å². The van der Waals surface area contributed by atoms with Gasteiger partial charge >= 0.3 is 0 Å². The van der Waals surface area contributed by atoms with Crippen LogP contribution in [0.2, 0.25) is 0 Å². The lowest BCUT2D eigenvalue weighted by atomic mass is 9.97. The summed E-state index contributed by atoms with van der Waals surface area (Å²) in [5.74, 6) is 0.906. The molecule has 1 aliphatic rings. The fourth-order valence-electron chi connectivity index (χ4n) is 3.34. The number of allylic oxidation sites excluding steroid dienone is 1. The van der Waals surface area contributed by atoms with Crippen molar-refractivity contribution in [3.8, 4) is 0 Å². The smallest absolute Gasteiger partial charge is 0.253 e. The number of rotatable bonds is 8. The van der Waals surface area contributed by atoms with Gasteiger partial charge in [-0.15, -0.1) is 0 Å². The SMILES string of the molecule is CCN(CC)C(=O)c1ccc(CNC(=NC)NCCC2=CCCCC2)cc1. The molecule has 148 valence electrons. The Hall–Kier alpha value is -2.30. The summed E-state index contributed by atoms with van der Waals surface area (Å²) in [7, 11) is 1.79. The minimum absolute atomic E-state index is 0.0917. The number of carbonyl (C=O) groups excluding carboxylic acids is 1. The van der Waals surface area contributed by atoms with Crippen molar-refractivity contribution >= 4 is 11.9 Å². The van der Waals surface area contributed by atoms with Crippen LogP contribution in [-0.2, 0) is 6.54 Å². The number of benzene rings is 1. The summed E-state index contributed by atoms with van der Waals surface area (Å²) in [4.78, 5) is 18.5. The van der Waals surface area contributed by atoms with Crippen LogP contribution >= 0.6 is 0 Å². The number of guanidine groups is 1. The first-order valence-corrected chi connectivity index (χ1v) is 10.2. The van der Waals surface area contributed by atoms with E-state index in [9.17, 15) is 4.79 Å². The molecule has 0 unspecified atom stereocenters. The van der Waals surface area contributed by atoms with Gasteiger partial charge in [0, 0.05) is 38.8 Å². The van der Waals surface area contributed by atoms with Gasteiger partial charge in [-0.1, -0.05) is 23.8 Å². The molecule has 1 amide bonds. The normalized spacial score (nSPS) is 14.5. The Morgan fingerprint density at radius 2 is 1.85 bits per heavy atom. The molecule has 0 aliphatic heterocycles. The highest BCUT2D eigenvalue weighted by atomic mass is 16.2. The quantitative estimate of drug-likeness (QED) is 0.416. The molecule has 0 bridgehead atoms. The number of hydrogen-bond acceptors (Lipinski definition) is 2. The third kappa shape index (κ3) is 6.74. The maximum Gasteiger partial charge on any atom is 0.253 e. The highest BCUT2D eigenvalue weighted by Crippen LogP contribution is 2.19. The molecular weight excluding hydrogens is 336 g/mol. The van der Waals surface area contributed by atoms with Crippen LogP contribution in [0.3, 0.4) is 0 Å². The second kappa shape index (κ2) is 11.4. The standard InChI is InChI=1S/C22H34N4O/c1-4-26(5-2)21(27)20-13-11-19(12-14-20)17-25-22(23-3)24-16-15-18-9-7-6-8-10-18/h9,11-14H,4-8,10,15-17H2,1-3H3,(H2,23,24,25). The minimum Gasteiger partial charge on any atom is -0.356 e. The lowest BCUT2D eigenvalue weighted by Gasteiger charge is -2.18. The van der Waals surface area contributed by atoms with Gasteiger partial charge in [0.15, 0.2) is 5.96 Å². The van der Waals surface area contributed by atoms with Crippen molar-refractivity contribution in [3.63, 3.8) is 0 Å². The third-order valence-corrected chi connectivity index (χ3v) is 5.06. The highest BCUT2D eigenvalue weighted by molar-refractivity contribution is 5.94. The average molecular weight is 371 g/mol. The fourth-order valence-corrected chi connectivity index (χ4v) is 3.34. The van der Waals surface area contributed by atoms with Gasteiger partial charge in [0.2, 0.25) is 0 Å². The Morgan fingerprint density at radius 3 is 2.44 bits per heavy atom. The monoisotopic (exact) mass is 370 g/mol. The Morgan fingerprint density at radius 1 is 1.11 bits per heavy atom. The van der Waals surface area contributed by atoms with E-state index < -0.39 is 0 Å². The number of nitrogens with one attached hydrogen (secondary N) is 2. The summed E-state index contributed by atoms with van der Waals surface area (Å²) in [5, 5.41) is 6.73. The molecule has 1 aliphatic carbocycles. The minimum atomic E-state index is 0.0917. The largest absolute Gasteiger partial charge is 0.356 e. The van der Waals surface area contributed by atoms with E-state index in [1.165, 1.54) is 25.7 Å². The van der Waals surface area contributed by atoms with Crippen LogP contribution < -0.4 is 10.6 Å². The van der Waals surface area contributed by atoms with E-state index in [-0.39, 0.29) is 5.91 Å². The maximum absolute atomic E-state index is 12.4. The molecule has 2 N–H and O–H groups in total. The average Bonchev–Trinajstić information content (AvgIpc) is 2.72. The van der Waals surface area contributed by atoms with Crippen LogP contribution in [0.5, 0.6) is 0 Å². The molecule has 27 heavy (non-hydrogen) atoms. The molecule has 1 aromatic carbocycles. The Balaban J connectivity index is 1.78. The van der Waals surface area contributed by atoms with Gasteiger partial charge in [-0.2, -0.15) is 0 Å². The predicted molar refractivity (Wildman–Crippen MR) is 113 cm³/mol. The molecule has 1 aromatic rings. The summed E-state index contributed by atoms with van der Waals surface area (Å²) in [6, 6.07) is 7.82. The number of nitrogens with zero attached hydrogens (tertiary/aromatic N) is 2. The summed E-state index contributed by atoms with van der Waals surface area (Å²) < 4.78 is 0. The molecule has 0 spiro atoms. The summed E-state index contributed by atoms with van der Waals surface area (Å²) in [6.45, 7) is 7.06. The highest BCUT2D eigenvalue weighted by Gasteiger charge is 2.12. The molecule has 0 saturated carbocycles. The van der Waals surface area contributed by atoms with Crippen LogP contribution in [0.4, 0.5) is 0 Å². The molecule has 0 radical (unpaired) electrons. The fraction of sp³-hybridized carbons (Fsp3) is 0.545. The zero-order valence-electron chi connectivity index (χ0n) is 17.1. The zero-order chi connectivity index (χ0) is 19.5. The van der Waals surface area contributed by atoms with Gasteiger partial charge in [-0.3, -0.25) is 9.79 Å². The van der Waals surface area contributed by atoms with Crippen molar-refractivity contribution in [1.29, 1.82) is 0 Å². The van der Waals surface area contributed by atoms with Crippen molar-refractivity contribution in [3.05, 3.63) is 47.0 Å². The van der Waals surface area contributed by atoms with Gasteiger partial charge in [0.1, 0.15) is 0 Å². The number of amides is 1. The number of aliphatic imine (C=N–C) groups is 1. The summed E-state index contributed by atoms with van der Waals surface area (Å²) >= 11 is 0. The van der Waals surface area contributed by atoms with Gasteiger partial charge in [-0.05, 0) is 63.6 Å². The van der Waals surface area contributed by atoms with E-state index in [0.29, 0.717) is 6.54 Å². The van der Waals surface area contributed by atoms with Gasteiger partial charge in [0.05, 0.1) is 0 Å². The van der Waals surface area contributed by atoms with E-state index in [1.807, 2.05) is 43.0 Å². The van der Waals surface area contributed by atoms with Crippen molar-refractivity contribution in [2.75, 3.05) is 26.7 Å². The lowest BCUT2D eigenvalue weighted by Crippen LogP contribution is -2.37. The van der Waals surface area contributed by atoms with E-state index in [4.69, 9.17) is 0 Å². The zero-order valence-corrected chi connectivity index (χ0v) is 17.1. The maximum atomic E-state index is 12.4. The van der Waals surface area contributed by atoms with E-state index in [2.05, 4.69) is 21.7 Å². The second-order valence-electron chi connectivity index (χ2n) is 6.89. The first-order chi connectivity index (χ1) is 13.2. The first kappa shape index (κ1) is 21.0. The lowest BCUT2D eigenvalue weighted by molar-refractivity contribution is 0.0773. The number of carbonyl (C=O) groups is 1. The molecule has 0 aromatic heterocycles. The first-order valence-electron chi connectivity index (χ1n) is 10.2. The van der Waals surface area contributed by atoms with Crippen molar-refractivity contribution in [1.82, 2.24) is 15.5 Å². The number of hydrogen-bond donors (Lipinski definition) is 2. The second-order valence-corrected chi connectivity index (χ2v) is 6.89. The molecular formula is C22H34N4O. The van der Waals surface area contributed by atoms with Crippen LogP contribution in [0.25, 0.3) is 0 Å². The third-order valence-electron chi connectivity index (χ3n) is 5.06. The van der Waals surface area contributed by atoms with Crippen LogP contribution in [0.15, 0.2) is 40.9 Å². The van der Waals surface area contributed by atoms with Crippen molar-refractivity contribution < 1.29 is 4.79 Å².